The SMILES string of the molecule is CCc1ccc(OCCCCn2c(-c3ccc(Cl)cc3Cl)nc3ccccc32)cc1. The van der Waals surface area contributed by atoms with Crippen LogP contribution < -0.4 is 4.74 Å². The maximum absolute atomic E-state index is 6.48. The lowest BCUT2D eigenvalue weighted by molar-refractivity contribution is 0.303. The zero-order valence-electron chi connectivity index (χ0n) is 16.9. The van der Waals surface area contributed by atoms with Gasteiger partial charge in [-0.25, -0.2) is 4.98 Å². The third-order valence-electron chi connectivity index (χ3n) is 5.20. The van der Waals surface area contributed by atoms with Crippen LogP contribution in [0.3, 0.4) is 0 Å². The molecule has 0 amide bonds. The number of fused-ring (bicyclic) bond motifs is 1. The molecule has 0 aliphatic carbocycles. The largest absolute Gasteiger partial charge is 0.494 e. The van der Waals surface area contributed by atoms with Gasteiger partial charge in [0.2, 0.25) is 0 Å². The molecule has 3 nitrogen and oxygen atoms in total. The van der Waals surface area contributed by atoms with E-state index in [1.165, 1.54) is 5.56 Å². The van der Waals surface area contributed by atoms with Crippen molar-refractivity contribution in [3.05, 3.63) is 82.3 Å². The first-order valence-corrected chi connectivity index (χ1v) is 11.0. The zero-order chi connectivity index (χ0) is 20.9. The smallest absolute Gasteiger partial charge is 0.142 e. The number of benzene rings is 3. The molecule has 154 valence electrons. The van der Waals surface area contributed by atoms with Crippen LogP contribution in [0.5, 0.6) is 5.75 Å². The molecule has 4 aromatic rings. The number of para-hydroxylation sites is 2. The molecular formula is C25H24Cl2N2O. The summed E-state index contributed by atoms with van der Waals surface area (Å²) in [6.07, 6.45) is 2.97. The molecule has 0 aliphatic rings. The second-order valence-electron chi connectivity index (χ2n) is 7.25. The monoisotopic (exact) mass is 438 g/mol. The summed E-state index contributed by atoms with van der Waals surface area (Å²) in [5, 5.41) is 1.23. The predicted molar refractivity (Wildman–Crippen MR) is 126 cm³/mol. The topological polar surface area (TPSA) is 27.1 Å². The molecule has 5 heteroatoms. The van der Waals surface area contributed by atoms with Gasteiger partial charge < -0.3 is 9.30 Å². The van der Waals surface area contributed by atoms with E-state index in [1.54, 1.807) is 6.07 Å². The molecule has 3 aromatic carbocycles. The fraction of sp³-hybridized carbons (Fsp3) is 0.240. The van der Waals surface area contributed by atoms with Gasteiger partial charge in [0, 0.05) is 17.1 Å². The van der Waals surface area contributed by atoms with Crippen molar-refractivity contribution in [2.24, 2.45) is 0 Å². The summed E-state index contributed by atoms with van der Waals surface area (Å²) >= 11 is 12.6. The van der Waals surface area contributed by atoms with E-state index >= 15 is 0 Å². The first kappa shape index (κ1) is 20.8. The Morgan fingerprint density at radius 2 is 1.73 bits per heavy atom. The van der Waals surface area contributed by atoms with E-state index in [-0.39, 0.29) is 0 Å². The summed E-state index contributed by atoms with van der Waals surface area (Å²) in [4.78, 5) is 4.84. The Balaban J connectivity index is 1.46. The minimum Gasteiger partial charge on any atom is -0.494 e. The molecule has 1 aromatic heterocycles. The zero-order valence-corrected chi connectivity index (χ0v) is 18.5. The van der Waals surface area contributed by atoms with Crippen molar-refractivity contribution in [1.82, 2.24) is 9.55 Å². The molecule has 0 unspecified atom stereocenters. The van der Waals surface area contributed by atoms with Crippen LogP contribution in [0, 0.1) is 0 Å². The van der Waals surface area contributed by atoms with Gasteiger partial charge in [0.15, 0.2) is 0 Å². The number of aromatic nitrogens is 2. The van der Waals surface area contributed by atoms with Crippen molar-refractivity contribution in [3.63, 3.8) is 0 Å². The predicted octanol–water partition coefficient (Wildman–Crippen LogP) is 7.43. The van der Waals surface area contributed by atoms with Crippen molar-refractivity contribution in [2.45, 2.75) is 32.7 Å². The number of aryl methyl sites for hydroxylation is 2. The molecule has 0 radical (unpaired) electrons. The maximum atomic E-state index is 6.48. The number of halogens is 2. The molecule has 0 N–H and O–H groups in total. The number of hydrogen-bond acceptors (Lipinski definition) is 2. The number of hydrogen-bond donors (Lipinski definition) is 0. The molecule has 30 heavy (non-hydrogen) atoms. The highest BCUT2D eigenvalue weighted by Crippen LogP contribution is 2.32. The number of unbranched alkanes of at least 4 members (excludes halogenated alkanes) is 1. The molecule has 4 rings (SSSR count). The molecule has 0 aliphatic heterocycles. The first-order chi connectivity index (χ1) is 14.7. The quantitative estimate of drug-likeness (QED) is 0.267. The summed E-state index contributed by atoms with van der Waals surface area (Å²) < 4.78 is 8.14. The molecule has 0 fully saturated rings. The van der Waals surface area contributed by atoms with E-state index in [4.69, 9.17) is 32.9 Å². The van der Waals surface area contributed by atoms with Crippen LogP contribution in [0.25, 0.3) is 22.4 Å². The van der Waals surface area contributed by atoms with Crippen molar-refractivity contribution in [2.75, 3.05) is 6.61 Å². The maximum Gasteiger partial charge on any atom is 0.142 e. The van der Waals surface area contributed by atoms with E-state index in [0.717, 1.165) is 54.0 Å². The van der Waals surface area contributed by atoms with E-state index < -0.39 is 0 Å². The van der Waals surface area contributed by atoms with Crippen LogP contribution in [-0.4, -0.2) is 16.2 Å². The normalized spacial score (nSPS) is 11.2. The second-order valence-corrected chi connectivity index (χ2v) is 8.10. The summed E-state index contributed by atoms with van der Waals surface area (Å²) in [6, 6.07) is 22.1. The summed E-state index contributed by atoms with van der Waals surface area (Å²) in [7, 11) is 0. The Labute approximate surface area is 187 Å². The summed E-state index contributed by atoms with van der Waals surface area (Å²) in [5.74, 6) is 1.79. The van der Waals surface area contributed by atoms with E-state index in [9.17, 15) is 0 Å². The van der Waals surface area contributed by atoms with Crippen LogP contribution in [-0.2, 0) is 13.0 Å². The Morgan fingerprint density at radius 3 is 2.50 bits per heavy atom. The minimum atomic E-state index is 0.609. The molecule has 1 heterocycles. The average Bonchev–Trinajstić information content (AvgIpc) is 3.12. The van der Waals surface area contributed by atoms with E-state index in [2.05, 4.69) is 29.7 Å². The van der Waals surface area contributed by atoms with Crippen LogP contribution in [0.2, 0.25) is 10.0 Å². The van der Waals surface area contributed by atoms with Gasteiger partial charge in [0.1, 0.15) is 11.6 Å². The number of ether oxygens (including phenoxy) is 1. The third kappa shape index (κ3) is 4.63. The van der Waals surface area contributed by atoms with Crippen LogP contribution >= 0.6 is 23.2 Å². The van der Waals surface area contributed by atoms with Gasteiger partial charge >= 0.3 is 0 Å². The van der Waals surface area contributed by atoms with Gasteiger partial charge in [-0.2, -0.15) is 0 Å². The molecule has 0 atom stereocenters. The van der Waals surface area contributed by atoms with Crippen LogP contribution in [0.4, 0.5) is 0 Å². The standard InChI is InChI=1S/C25H24Cl2N2O/c1-2-18-9-12-20(13-10-18)30-16-6-5-15-29-24-8-4-3-7-23(24)28-25(29)21-14-11-19(26)17-22(21)27/h3-4,7-14,17H,2,5-6,15-16H2,1H3. The lowest BCUT2D eigenvalue weighted by atomic mass is 10.2. The summed E-state index contributed by atoms with van der Waals surface area (Å²) in [6.45, 7) is 3.68. The molecule has 0 saturated carbocycles. The van der Waals surface area contributed by atoms with Gasteiger partial charge in [-0.15, -0.1) is 0 Å². The van der Waals surface area contributed by atoms with E-state index in [0.29, 0.717) is 16.7 Å². The average molecular weight is 439 g/mol. The highest BCUT2D eigenvalue weighted by atomic mass is 35.5. The first-order valence-electron chi connectivity index (χ1n) is 10.3. The Kier molecular flexibility index (Phi) is 6.61. The van der Waals surface area contributed by atoms with Gasteiger partial charge in [-0.1, -0.05) is 54.4 Å². The van der Waals surface area contributed by atoms with E-state index in [1.807, 2.05) is 42.5 Å². The van der Waals surface area contributed by atoms with Gasteiger partial charge in [-0.05, 0) is 67.3 Å². The second kappa shape index (κ2) is 9.55. The highest BCUT2D eigenvalue weighted by Gasteiger charge is 2.15. The number of nitrogens with zero attached hydrogens (tertiary/aromatic N) is 2. The van der Waals surface area contributed by atoms with Gasteiger partial charge in [-0.3, -0.25) is 0 Å². The van der Waals surface area contributed by atoms with Crippen LogP contribution in [0.15, 0.2) is 66.7 Å². The number of rotatable bonds is 8. The Morgan fingerprint density at radius 1 is 0.933 bits per heavy atom. The highest BCUT2D eigenvalue weighted by molar-refractivity contribution is 6.36. The van der Waals surface area contributed by atoms with Crippen molar-refractivity contribution >= 4 is 34.2 Å². The Hall–Kier alpha value is -2.49. The lowest BCUT2D eigenvalue weighted by Gasteiger charge is -2.11. The third-order valence-corrected chi connectivity index (χ3v) is 5.75. The van der Waals surface area contributed by atoms with Crippen molar-refractivity contribution < 1.29 is 4.74 Å². The molecule has 0 spiro atoms. The lowest BCUT2D eigenvalue weighted by Crippen LogP contribution is -2.04. The minimum absolute atomic E-state index is 0.609. The van der Waals surface area contributed by atoms with Crippen molar-refractivity contribution in [3.8, 4) is 17.1 Å². The van der Waals surface area contributed by atoms with Gasteiger partial charge in [0.25, 0.3) is 0 Å². The summed E-state index contributed by atoms with van der Waals surface area (Å²) in [5.41, 5.74) is 4.28. The fourth-order valence-electron chi connectivity index (χ4n) is 3.56. The number of imidazole rings is 1. The molecule has 0 bridgehead atoms. The van der Waals surface area contributed by atoms with Crippen LogP contribution in [0.1, 0.15) is 25.3 Å². The fourth-order valence-corrected chi connectivity index (χ4v) is 4.05. The molecule has 0 saturated heterocycles. The van der Waals surface area contributed by atoms with Crippen molar-refractivity contribution in [1.29, 1.82) is 0 Å². The van der Waals surface area contributed by atoms with Gasteiger partial charge in [0.05, 0.1) is 22.7 Å². The molecular weight excluding hydrogens is 415 g/mol. The Bertz CT molecular complexity index is 1140.